The van der Waals surface area contributed by atoms with Crippen LogP contribution in [-0.4, -0.2) is 40.0 Å². The van der Waals surface area contributed by atoms with Gasteiger partial charge in [-0.3, -0.25) is 9.59 Å². The van der Waals surface area contributed by atoms with Crippen LogP contribution >= 0.6 is 11.3 Å². The molecule has 2 rings (SSSR count). The number of aliphatic carboxylic acids is 1. The molecule has 0 aliphatic carbocycles. The molecule has 5 nitrogen and oxygen atoms in total. The first-order valence-corrected chi connectivity index (χ1v) is 6.37. The van der Waals surface area contributed by atoms with Crippen molar-refractivity contribution >= 4 is 23.2 Å². The Kier molecular flexibility index (Phi) is 3.42. The second kappa shape index (κ2) is 4.83. The van der Waals surface area contributed by atoms with Crippen LogP contribution in [0.3, 0.4) is 0 Å². The lowest BCUT2D eigenvalue weighted by molar-refractivity contribution is -0.138. The topological polar surface area (TPSA) is 70.5 Å². The number of nitrogens with zero attached hydrogens (tertiary/aromatic N) is 2. The molecular formula is C11H14N2O3S. The highest BCUT2D eigenvalue weighted by Gasteiger charge is 2.29. The first kappa shape index (κ1) is 12.0. The second-order valence-corrected chi connectivity index (χ2v) is 5.32. The van der Waals surface area contributed by atoms with Gasteiger partial charge in [0, 0.05) is 24.9 Å². The molecule has 1 aliphatic heterocycles. The Labute approximate surface area is 103 Å². The summed E-state index contributed by atoms with van der Waals surface area (Å²) >= 11 is 1.45. The van der Waals surface area contributed by atoms with Gasteiger partial charge in [-0.2, -0.15) is 0 Å². The fourth-order valence-electron chi connectivity index (χ4n) is 2.05. The van der Waals surface area contributed by atoms with E-state index in [0.29, 0.717) is 18.8 Å². The third-order valence-corrected chi connectivity index (χ3v) is 3.65. The number of carboxylic acid groups (broad SMARTS) is 1. The highest BCUT2D eigenvalue weighted by Crippen LogP contribution is 2.21. The third kappa shape index (κ3) is 2.82. The number of thiazole rings is 1. The summed E-state index contributed by atoms with van der Waals surface area (Å²) in [5, 5.41) is 11.3. The number of aryl methyl sites for hydroxylation is 1. The fourth-order valence-corrected chi connectivity index (χ4v) is 2.64. The van der Waals surface area contributed by atoms with Crippen molar-refractivity contribution in [3.05, 3.63) is 16.1 Å². The standard InChI is InChI=1S/C11H14N2O3S/c1-7-12-9(6-17-7)11(16)13-3-2-8(5-13)4-10(14)15/h6,8H,2-5H2,1H3,(H,14,15). The molecule has 1 atom stereocenters. The summed E-state index contributed by atoms with van der Waals surface area (Å²) in [4.78, 5) is 28.5. The van der Waals surface area contributed by atoms with Gasteiger partial charge in [0.1, 0.15) is 5.69 Å². The van der Waals surface area contributed by atoms with Crippen molar-refractivity contribution in [3.63, 3.8) is 0 Å². The largest absolute Gasteiger partial charge is 0.481 e. The van der Waals surface area contributed by atoms with E-state index in [0.717, 1.165) is 11.4 Å². The van der Waals surface area contributed by atoms with Crippen molar-refractivity contribution in [1.29, 1.82) is 0 Å². The van der Waals surface area contributed by atoms with E-state index in [1.807, 2.05) is 6.92 Å². The Bertz CT molecular complexity index is 444. The number of hydrogen-bond donors (Lipinski definition) is 1. The Morgan fingerprint density at radius 1 is 1.65 bits per heavy atom. The number of rotatable bonds is 3. The fraction of sp³-hybridized carbons (Fsp3) is 0.545. The van der Waals surface area contributed by atoms with Crippen LogP contribution in [0.25, 0.3) is 0 Å². The van der Waals surface area contributed by atoms with E-state index in [9.17, 15) is 9.59 Å². The van der Waals surface area contributed by atoms with Crippen molar-refractivity contribution in [2.24, 2.45) is 5.92 Å². The molecule has 1 aromatic heterocycles. The van der Waals surface area contributed by atoms with Crippen LogP contribution in [0.1, 0.15) is 28.3 Å². The van der Waals surface area contributed by atoms with Gasteiger partial charge in [-0.15, -0.1) is 11.3 Å². The monoisotopic (exact) mass is 254 g/mol. The van der Waals surface area contributed by atoms with Gasteiger partial charge in [0.25, 0.3) is 5.91 Å². The minimum atomic E-state index is -0.797. The molecule has 0 radical (unpaired) electrons. The molecule has 1 fully saturated rings. The second-order valence-electron chi connectivity index (χ2n) is 4.26. The van der Waals surface area contributed by atoms with Gasteiger partial charge < -0.3 is 10.0 Å². The SMILES string of the molecule is Cc1nc(C(=O)N2CCC(CC(=O)O)C2)cs1. The van der Waals surface area contributed by atoms with Crippen molar-refractivity contribution < 1.29 is 14.7 Å². The lowest BCUT2D eigenvalue weighted by Gasteiger charge is -2.14. The number of aromatic nitrogens is 1. The molecule has 0 spiro atoms. The number of carbonyl (C=O) groups is 2. The van der Waals surface area contributed by atoms with E-state index in [1.54, 1.807) is 10.3 Å². The van der Waals surface area contributed by atoms with Crippen molar-refractivity contribution in [2.45, 2.75) is 19.8 Å². The predicted octanol–water partition coefficient (Wildman–Crippen LogP) is 1.39. The quantitative estimate of drug-likeness (QED) is 0.884. The number of amides is 1. The number of hydrogen-bond acceptors (Lipinski definition) is 4. The summed E-state index contributed by atoms with van der Waals surface area (Å²) in [6, 6.07) is 0. The van der Waals surface area contributed by atoms with Crippen molar-refractivity contribution in [2.75, 3.05) is 13.1 Å². The zero-order valence-corrected chi connectivity index (χ0v) is 10.4. The van der Waals surface area contributed by atoms with Crippen LogP contribution in [-0.2, 0) is 4.79 Å². The molecule has 0 saturated carbocycles. The van der Waals surface area contributed by atoms with Crippen LogP contribution < -0.4 is 0 Å². The zero-order valence-electron chi connectivity index (χ0n) is 9.55. The van der Waals surface area contributed by atoms with E-state index < -0.39 is 5.97 Å². The summed E-state index contributed by atoms with van der Waals surface area (Å²) in [5.74, 6) is -0.799. The molecule has 1 unspecified atom stereocenters. The van der Waals surface area contributed by atoms with Gasteiger partial charge >= 0.3 is 5.97 Å². The highest BCUT2D eigenvalue weighted by molar-refractivity contribution is 7.09. The average Bonchev–Trinajstić information content (AvgIpc) is 2.85. The Balaban J connectivity index is 1.96. The Hall–Kier alpha value is -1.43. The first-order valence-electron chi connectivity index (χ1n) is 5.49. The van der Waals surface area contributed by atoms with Crippen LogP contribution in [0.15, 0.2) is 5.38 Å². The maximum atomic E-state index is 12.0. The average molecular weight is 254 g/mol. The number of carboxylic acids is 1. The number of carbonyl (C=O) groups excluding carboxylic acids is 1. The zero-order chi connectivity index (χ0) is 12.4. The lowest BCUT2D eigenvalue weighted by atomic mass is 10.1. The Morgan fingerprint density at radius 3 is 3.00 bits per heavy atom. The predicted molar refractivity (Wildman–Crippen MR) is 63.1 cm³/mol. The van der Waals surface area contributed by atoms with E-state index in [-0.39, 0.29) is 18.2 Å². The molecule has 0 aromatic carbocycles. The number of likely N-dealkylation sites (tertiary alicyclic amines) is 1. The summed E-state index contributed by atoms with van der Waals surface area (Å²) < 4.78 is 0. The van der Waals surface area contributed by atoms with E-state index in [2.05, 4.69) is 4.98 Å². The smallest absolute Gasteiger partial charge is 0.303 e. The third-order valence-electron chi connectivity index (χ3n) is 2.87. The van der Waals surface area contributed by atoms with Crippen LogP contribution in [0.2, 0.25) is 0 Å². The van der Waals surface area contributed by atoms with Gasteiger partial charge in [0.2, 0.25) is 0 Å². The van der Waals surface area contributed by atoms with Gasteiger partial charge in [-0.25, -0.2) is 4.98 Å². The normalized spacial score (nSPS) is 19.6. The highest BCUT2D eigenvalue weighted by atomic mass is 32.1. The summed E-state index contributed by atoms with van der Waals surface area (Å²) in [6.45, 7) is 3.02. The minimum absolute atomic E-state index is 0.0798. The maximum Gasteiger partial charge on any atom is 0.303 e. The van der Waals surface area contributed by atoms with Crippen LogP contribution in [0, 0.1) is 12.8 Å². The van der Waals surface area contributed by atoms with Crippen molar-refractivity contribution in [3.8, 4) is 0 Å². The van der Waals surface area contributed by atoms with E-state index >= 15 is 0 Å². The minimum Gasteiger partial charge on any atom is -0.481 e. The van der Waals surface area contributed by atoms with Gasteiger partial charge in [-0.05, 0) is 19.3 Å². The maximum absolute atomic E-state index is 12.0. The summed E-state index contributed by atoms with van der Waals surface area (Å²) in [6.07, 6.45) is 0.904. The molecule has 1 aromatic rings. The summed E-state index contributed by atoms with van der Waals surface area (Å²) in [5.41, 5.74) is 0.475. The van der Waals surface area contributed by atoms with E-state index in [1.165, 1.54) is 11.3 Å². The molecular weight excluding hydrogens is 240 g/mol. The molecule has 1 N–H and O–H groups in total. The van der Waals surface area contributed by atoms with Gasteiger partial charge in [0.15, 0.2) is 0 Å². The Morgan fingerprint density at radius 2 is 2.41 bits per heavy atom. The van der Waals surface area contributed by atoms with Crippen LogP contribution in [0.4, 0.5) is 0 Å². The molecule has 2 heterocycles. The molecule has 6 heteroatoms. The van der Waals surface area contributed by atoms with Crippen LogP contribution in [0.5, 0.6) is 0 Å². The molecule has 1 amide bonds. The van der Waals surface area contributed by atoms with Gasteiger partial charge in [0.05, 0.1) is 5.01 Å². The van der Waals surface area contributed by atoms with Gasteiger partial charge in [-0.1, -0.05) is 0 Å². The lowest BCUT2D eigenvalue weighted by Crippen LogP contribution is -2.29. The molecule has 17 heavy (non-hydrogen) atoms. The molecule has 1 saturated heterocycles. The molecule has 92 valence electrons. The molecule has 0 bridgehead atoms. The first-order chi connectivity index (χ1) is 8.06. The molecule has 1 aliphatic rings. The van der Waals surface area contributed by atoms with Crippen molar-refractivity contribution in [1.82, 2.24) is 9.88 Å². The van der Waals surface area contributed by atoms with E-state index in [4.69, 9.17) is 5.11 Å². The summed E-state index contributed by atoms with van der Waals surface area (Å²) in [7, 11) is 0.